The third-order valence-electron chi connectivity index (χ3n) is 4.48. The number of rotatable bonds is 7. The number of benzene rings is 1. The average Bonchev–Trinajstić information content (AvgIpc) is 3.31. The summed E-state index contributed by atoms with van der Waals surface area (Å²) in [6.07, 6.45) is 0. The molecule has 0 aliphatic carbocycles. The van der Waals surface area contributed by atoms with Crippen molar-refractivity contribution in [3.8, 4) is 5.75 Å². The monoisotopic (exact) mass is 458 g/mol. The molecule has 0 aliphatic heterocycles. The minimum absolute atomic E-state index is 0.175. The number of para-hydroxylation sites is 2. The minimum atomic E-state index is -0.592. The van der Waals surface area contributed by atoms with Gasteiger partial charge in [0.15, 0.2) is 0 Å². The summed E-state index contributed by atoms with van der Waals surface area (Å²) in [4.78, 5) is 39.2. The van der Waals surface area contributed by atoms with Crippen molar-refractivity contribution in [1.29, 1.82) is 0 Å². The first kappa shape index (κ1) is 22.5. The third kappa shape index (κ3) is 4.78. The molecule has 9 heteroatoms. The lowest BCUT2D eigenvalue weighted by Gasteiger charge is -2.09. The van der Waals surface area contributed by atoms with Gasteiger partial charge in [-0.1, -0.05) is 12.1 Å². The van der Waals surface area contributed by atoms with E-state index in [0.29, 0.717) is 26.8 Å². The lowest BCUT2D eigenvalue weighted by molar-refractivity contribution is 0.0527. The van der Waals surface area contributed by atoms with Crippen LogP contribution >= 0.6 is 22.7 Å². The maximum Gasteiger partial charge on any atom is 0.341 e. The molecule has 0 saturated carbocycles. The molecule has 0 atom stereocenters. The summed E-state index contributed by atoms with van der Waals surface area (Å²) >= 11 is 2.34. The van der Waals surface area contributed by atoms with Crippen LogP contribution in [0.15, 0.2) is 35.7 Å². The Morgan fingerprint density at radius 3 is 2.35 bits per heavy atom. The zero-order valence-corrected chi connectivity index (χ0v) is 19.2. The largest absolute Gasteiger partial charge is 0.495 e. The number of ether oxygens (including phenoxy) is 2. The average molecular weight is 459 g/mol. The fraction of sp³-hybridized carbons (Fsp3) is 0.227. The molecule has 0 spiro atoms. The van der Waals surface area contributed by atoms with Crippen molar-refractivity contribution in [3.63, 3.8) is 0 Å². The van der Waals surface area contributed by atoms with E-state index in [-0.39, 0.29) is 23.1 Å². The second kappa shape index (κ2) is 9.76. The molecule has 0 radical (unpaired) electrons. The van der Waals surface area contributed by atoms with Crippen molar-refractivity contribution in [1.82, 2.24) is 0 Å². The van der Waals surface area contributed by atoms with Crippen molar-refractivity contribution in [3.05, 3.63) is 62.2 Å². The molecule has 0 unspecified atom stereocenters. The highest BCUT2D eigenvalue weighted by atomic mass is 32.1. The van der Waals surface area contributed by atoms with Gasteiger partial charge in [-0.2, -0.15) is 0 Å². The van der Waals surface area contributed by atoms with Crippen LogP contribution in [0.1, 0.15) is 47.8 Å². The summed E-state index contributed by atoms with van der Waals surface area (Å²) in [6.45, 7) is 5.37. The van der Waals surface area contributed by atoms with E-state index in [4.69, 9.17) is 9.47 Å². The van der Waals surface area contributed by atoms with Crippen LogP contribution in [0.2, 0.25) is 0 Å². The van der Waals surface area contributed by atoms with Crippen LogP contribution in [-0.4, -0.2) is 31.5 Å². The molecule has 3 rings (SSSR count). The molecule has 2 aromatic heterocycles. The molecule has 0 aliphatic rings. The van der Waals surface area contributed by atoms with Gasteiger partial charge in [-0.25, -0.2) is 4.79 Å². The Balaban J connectivity index is 1.96. The summed E-state index contributed by atoms with van der Waals surface area (Å²) in [5.74, 6) is -0.829. The number of carbonyl (C=O) groups is 3. The number of amides is 2. The predicted octanol–water partition coefficient (Wildman–Crippen LogP) is 5.12. The Kier molecular flexibility index (Phi) is 7.09. The highest BCUT2D eigenvalue weighted by molar-refractivity contribution is 7.19. The molecule has 162 valence electrons. The van der Waals surface area contributed by atoms with E-state index in [1.807, 2.05) is 18.4 Å². The summed E-state index contributed by atoms with van der Waals surface area (Å²) in [7, 11) is 1.51. The summed E-state index contributed by atoms with van der Waals surface area (Å²) in [6, 6.07) is 8.87. The van der Waals surface area contributed by atoms with E-state index in [9.17, 15) is 14.4 Å². The van der Waals surface area contributed by atoms with Gasteiger partial charge < -0.3 is 20.1 Å². The second-order valence-electron chi connectivity index (χ2n) is 6.52. The molecule has 2 heterocycles. The molecule has 0 saturated heterocycles. The quantitative estimate of drug-likeness (QED) is 0.480. The number of nitrogens with one attached hydrogen (secondary N) is 2. The van der Waals surface area contributed by atoms with Gasteiger partial charge in [0, 0.05) is 0 Å². The standard InChI is InChI=1S/C22H22N2O5S2/c1-5-29-22(27)16-13(3)18(20(26)23-14-8-6-7-9-15(14)28-4)31-21(16)24-19(25)17-12(2)10-11-30-17/h6-11H,5H2,1-4H3,(H,23,26)(H,24,25). The van der Waals surface area contributed by atoms with Crippen LogP contribution in [0.25, 0.3) is 0 Å². The fourth-order valence-electron chi connectivity index (χ4n) is 2.96. The number of anilines is 2. The Morgan fingerprint density at radius 1 is 1.00 bits per heavy atom. The van der Waals surface area contributed by atoms with E-state index in [0.717, 1.165) is 16.9 Å². The van der Waals surface area contributed by atoms with Gasteiger partial charge in [0.25, 0.3) is 11.8 Å². The number of carbonyl (C=O) groups excluding carboxylic acids is 3. The van der Waals surface area contributed by atoms with Crippen LogP contribution in [-0.2, 0) is 4.74 Å². The van der Waals surface area contributed by atoms with Gasteiger partial charge in [0.05, 0.1) is 34.7 Å². The van der Waals surface area contributed by atoms with Crippen LogP contribution in [0.4, 0.5) is 10.7 Å². The van der Waals surface area contributed by atoms with Crippen LogP contribution in [0.3, 0.4) is 0 Å². The molecule has 7 nitrogen and oxygen atoms in total. The molecule has 2 amide bonds. The third-order valence-corrected chi connectivity index (χ3v) is 6.70. The summed E-state index contributed by atoms with van der Waals surface area (Å²) < 4.78 is 10.4. The maximum atomic E-state index is 13.0. The predicted molar refractivity (Wildman–Crippen MR) is 123 cm³/mol. The Labute approximate surface area is 188 Å². The summed E-state index contributed by atoms with van der Waals surface area (Å²) in [5, 5.41) is 7.68. The minimum Gasteiger partial charge on any atom is -0.495 e. The second-order valence-corrected chi connectivity index (χ2v) is 8.46. The van der Waals surface area contributed by atoms with Gasteiger partial charge in [0.2, 0.25) is 0 Å². The molecule has 0 bridgehead atoms. The van der Waals surface area contributed by atoms with Crippen molar-refractivity contribution >= 4 is 51.1 Å². The first-order chi connectivity index (χ1) is 14.9. The Hall–Kier alpha value is -3.17. The smallest absolute Gasteiger partial charge is 0.341 e. The van der Waals surface area contributed by atoms with Crippen LogP contribution in [0.5, 0.6) is 5.75 Å². The topological polar surface area (TPSA) is 93.7 Å². The maximum absolute atomic E-state index is 13.0. The lowest BCUT2D eigenvalue weighted by Crippen LogP contribution is -2.15. The Morgan fingerprint density at radius 2 is 1.71 bits per heavy atom. The highest BCUT2D eigenvalue weighted by Crippen LogP contribution is 2.35. The van der Waals surface area contributed by atoms with E-state index >= 15 is 0 Å². The first-order valence-corrected chi connectivity index (χ1v) is 11.2. The number of methoxy groups -OCH3 is 1. The molecule has 3 aromatic rings. The molecule has 1 aromatic carbocycles. The highest BCUT2D eigenvalue weighted by Gasteiger charge is 2.27. The molecular weight excluding hydrogens is 436 g/mol. The van der Waals surface area contributed by atoms with Crippen molar-refractivity contribution in [2.75, 3.05) is 24.4 Å². The van der Waals surface area contributed by atoms with Crippen LogP contribution < -0.4 is 15.4 Å². The summed E-state index contributed by atoms with van der Waals surface area (Å²) in [5.41, 5.74) is 1.96. The van der Waals surface area contributed by atoms with Gasteiger partial charge >= 0.3 is 5.97 Å². The van der Waals surface area contributed by atoms with E-state index in [1.165, 1.54) is 18.4 Å². The van der Waals surface area contributed by atoms with Gasteiger partial charge in [-0.05, 0) is 55.5 Å². The SMILES string of the molecule is CCOC(=O)c1c(NC(=O)c2sccc2C)sc(C(=O)Nc2ccccc2OC)c1C. The zero-order chi connectivity index (χ0) is 22.5. The van der Waals surface area contributed by atoms with E-state index in [2.05, 4.69) is 10.6 Å². The lowest BCUT2D eigenvalue weighted by atomic mass is 10.1. The first-order valence-electron chi connectivity index (χ1n) is 9.47. The zero-order valence-electron chi connectivity index (χ0n) is 17.5. The van der Waals surface area contributed by atoms with E-state index in [1.54, 1.807) is 38.1 Å². The van der Waals surface area contributed by atoms with Crippen molar-refractivity contribution in [2.45, 2.75) is 20.8 Å². The number of aryl methyl sites for hydroxylation is 1. The van der Waals surface area contributed by atoms with Gasteiger partial charge in [-0.3, -0.25) is 9.59 Å². The number of thiophene rings is 2. The molecule has 2 N–H and O–H groups in total. The van der Waals surface area contributed by atoms with Crippen molar-refractivity contribution in [2.24, 2.45) is 0 Å². The molecular formula is C22H22N2O5S2. The van der Waals surface area contributed by atoms with Crippen LogP contribution in [0, 0.1) is 13.8 Å². The van der Waals surface area contributed by atoms with Crippen molar-refractivity contribution < 1.29 is 23.9 Å². The van der Waals surface area contributed by atoms with Gasteiger partial charge in [-0.15, -0.1) is 22.7 Å². The number of hydrogen-bond donors (Lipinski definition) is 2. The number of esters is 1. The molecule has 0 fully saturated rings. The van der Waals surface area contributed by atoms with E-state index < -0.39 is 11.9 Å². The Bertz CT molecular complexity index is 1130. The van der Waals surface area contributed by atoms with Gasteiger partial charge in [0.1, 0.15) is 10.8 Å². The molecule has 31 heavy (non-hydrogen) atoms. The number of hydrogen-bond acceptors (Lipinski definition) is 7. The fourth-order valence-corrected chi connectivity index (χ4v) is 4.86. The normalized spacial score (nSPS) is 10.5.